The van der Waals surface area contributed by atoms with Gasteiger partial charge in [-0.3, -0.25) is 0 Å². The lowest BCUT2D eigenvalue weighted by molar-refractivity contribution is 0.0697. The zero-order valence-corrected chi connectivity index (χ0v) is 12.9. The Labute approximate surface area is 137 Å². The Balaban J connectivity index is 1.97. The molecule has 120 valence electrons. The van der Waals surface area contributed by atoms with E-state index in [0.29, 0.717) is 11.0 Å². The fourth-order valence-electron chi connectivity index (χ4n) is 2.36. The molecule has 24 heavy (non-hydrogen) atoms. The number of benzene rings is 1. The van der Waals surface area contributed by atoms with Crippen LogP contribution in [0.5, 0.6) is 0 Å². The molecule has 2 aromatic heterocycles. The zero-order valence-electron chi connectivity index (χ0n) is 12.9. The number of rotatable bonds is 3. The molecule has 0 atom stereocenters. The van der Waals surface area contributed by atoms with E-state index in [1.165, 1.54) is 0 Å². The molecule has 3 aromatic rings. The molecule has 0 spiro atoms. The number of nitrogens with two attached hydrogens (primary N) is 2. The lowest BCUT2D eigenvalue weighted by Crippen LogP contribution is -2.01. The van der Waals surface area contributed by atoms with E-state index in [0.717, 1.165) is 16.7 Å². The van der Waals surface area contributed by atoms with Gasteiger partial charge < -0.3 is 16.6 Å². The first-order chi connectivity index (χ1) is 11.4. The molecule has 0 fully saturated rings. The van der Waals surface area contributed by atoms with E-state index in [1.807, 2.05) is 19.1 Å². The summed E-state index contributed by atoms with van der Waals surface area (Å²) in [6, 6.07) is 8.51. The Morgan fingerprint density at radius 1 is 1.12 bits per heavy atom. The predicted octanol–water partition coefficient (Wildman–Crippen LogP) is 2.45. The molecule has 2 heterocycles. The minimum Gasteiger partial charge on any atom is -0.478 e. The van der Waals surface area contributed by atoms with Gasteiger partial charge in [-0.25, -0.2) is 9.78 Å². The second-order valence-electron chi connectivity index (χ2n) is 5.32. The molecule has 0 aliphatic rings. The number of aromatic carboxylic acids is 1. The summed E-state index contributed by atoms with van der Waals surface area (Å²) in [6.45, 7) is 1.93. The Morgan fingerprint density at radius 2 is 1.79 bits per heavy atom. The maximum Gasteiger partial charge on any atom is 0.335 e. The van der Waals surface area contributed by atoms with Crippen molar-refractivity contribution in [3.8, 4) is 0 Å². The zero-order chi connectivity index (χ0) is 17.3. The summed E-state index contributed by atoms with van der Waals surface area (Å²) in [5, 5.41) is 9.57. The van der Waals surface area contributed by atoms with Crippen LogP contribution in [0.25, 0.3) is 22.7 Å². The number of nitrogens with zero attached hydrogens (tertiary/aromatic N) is 3. The van der Waals surface area contributed by atoms with Crippen LogP contribution in [0.2, 0.25) is 0 Å². The maximum absolute atomic E-state index is 10.9. The Morgan fingerprint density at radius 3 is 2.46 bits per heavy atom. The van der Waals surface area contributed by atoms with Crippen molar-refractivity contribution in [2.45, 2.75) is 6.92 Å². The standard InChI is InChI=1S/C17H15N5O2/c1-9(11-2-4-12(5-3-11)16(23)24)6-10-7-13-14(18)21-17(19)22-15(13)20-8-10/h2-8H,1H3,(H,23,24)(H4,18,19,20,21,22)/b9-6+. The van der Waals surface area contributed by atoms with Crippen LogP contribution in [0, 0.1) is 0 Å². The molecule has 0 aliphatic heterocycles. The van der Waals surface area contributed by atoms with E-state index < -0.39 is 5.97 Å². The molecule has 0 bridgehead atoms. The fraction of sp³-hybridized carbons (Fsp3) is 0.0588. The third kappa shape index (κ3) is 3.00. The quantitative estimate of drug-likeness (QED) is 0.675. The van der Waals surface area contributed by atoms with Crippen molar-refractivity contribution in [2.24, 2.45) is 0 Å². The number of aromatic nitrogens is 3. The summed E-state index contributed by atoms with van der Waals surface area (Å²) >= 11 is 0. The molecule has 3 rings (SSSR count). The summed E-state index contributed by atoms with van der Waals surface area (Å²) in [4.78, 5) is 23.1. The van der Waals surface area contributed by atoms with Crippen molar-refractivity contribution < 1.29 is 9.90 Å². The number of anilines is 2. The van der Waals surface area contributed by atoms with Crippen LogP contribution in [-0.4, -0.2) is 26.0 Å². The van der Waals surface area contributed by atoms with Gasteiger partial charge in [0.25, 0.3) is 0 Å². The van der Waals surface area contributed by atoms with Gasteiger partial charge in [-0.2, -0.15) is 9.97 Å². The molecule has 1 aromatic carbocycles. The Bertz CT molecular complexity index is 965. The number of fused-ring (bicyclic) bond motifs is 1. The molecule has 0 aliphatic carbocycles. The Kier molecular flexibility index (Phi) is 3.83. The van der Waals surface area contributed by atoms with Crippen LogP contribution in [0.1, 0.15) is 28.4 Å². The van der Waals surface area contributed by atoms with Crippen LogP contribution in [0.4, 0.5) is 11.8 Å². The summed E-state index contributed by atoms with van der Waals surface area (Å²) < 4.78 is 0. The molecular weight excluding hydrogens is 306 g/mol. The Hall–Kier alpha value is -3.48. The molecule has 0 saturated heterocycles. The molecule has 7 heteroatoms. The SMILES string of the molecule is C/C(=C\c1cnc2nc(N)nc(N)c2c1)c1ccc(C(=O)O)cc1. The lowest BCUT2D eigenvalue weighted by Gasteiger charge is -2.05. The number of carboxylic acid groups (broad SMARTS) is 1. The topological polar surface area (TPSA) is 128 Å². The van der Waals surface area contributed by atoms with Gasteiger partial charge in [-0.15, -0.1) is 0 Å². The van der Waals surface area contributed by atoms with Crippen LogP contribution < -0.4 is 11.5 Å². The van der Waals surface area contributed by atoms with E-state index in [-0.39, 0.29) is 17.3 Å². The third-order valence-electron chi connectivity index (χ3n) is 3.59. The van der Waals surface area contributed by atoms with Gasteiger partial charge >= 0.3 is 5.97 Å². The summed E-state index contributed by atoms with van der Waals surface area (Å²) in [5.41, 5.74) is 14.8. The predicted molar refractivity (Wildman–Crippen MR) is 93.1 cm³/mol. The van der Waals surface area contributed by atoms with Crippen LogP contribution in [0.3, 0.4) is 0 Å². The van der Waals surface area contributed by atoms with Gasteiger partial charge in [0.05, 0.1) is 10.9 Å². The van der Waals surface area contributed by atoms with E-state index in [9.17, 15) is 4.79 Å². The number of nitrogen functional groups attached to an aromatic ring is 2. The van der Waals surface area contributed by atoms with Gasteiger partial charge in [0.1, 0.15) is 5.82 Å². The highest BCUT2D eigenvalue weighted by Crippen LogP contribution is 2.22. The first kappa shape index (κ1) is 15.4. The van der Waals surface area contributed by atoms with Crippen molar-refractivity contribution in [3.63, 3.8) is 0 Å². The fourth-order valence-corrected chi connectivity index (χ4v) is 2.36. The second kappa shape index (κ2) is 5.96. The number of pyridine rings is 1. The average Bonchev–Trinajstić information content (AvgIpc) is 2.55. The molecule has 0 amide bonds. The normalized spacial score (nSPS) is 11.6. The van der Waals surface area contributed by atoms with Crippen molar-refractivity contribution in [2.75, 3.05) is 11.5 Å². The summed E-state index contributed by atoms with van der Waals surface area (Å²) in [6.07, 6.45) is 3.60. The van der Waals surface area contributed by atoms with E-state index >= 15 is 0 Å². The molecule has 0 saturated carbocycles. The highest BCUT2D eigenvalue weighted by atomic mass is 16.4. The smallest absolute Gasteiger partial charge is 0.335 e. The van der Waals surface area contributed by atoms with Crippen molar-refractivity contribution >= 4 is 40.4 Å². The highest BCUT2D eigenvalue weighted by molar-refractivity contribution is 5.91. The van der Waals surface area contributed by atoms with E-state index in [2.05, 4.69) is 15.0 Å². The molecule has 5 N–H and O–H groups in total. The first-order valence-corrected chi connectivity index (χ1v) is 7.15. The maximum atomic E-state index is 10.9. The van der Waals surface area contributed by atoms with E-state index in [1.54, 1.807) is 30.5 Å². The van der Waals surface area contributed by atoms with Gasteiger partial charge in [0.15, 0.2) is 5.65 Å². The van der Waals surface area contributed by atoms with Crippen molar-refractivity contribution in [1.82, 2.24) is 15.0 Å². The van der Waals surface area contributed by atoms with Gasteiger partial charge in [0.2, 0.25) is 5.95 Å². The van der Waals surface area contributed by atoms with Crippen LogP contribution in [-0.2, 0) is 0 Å². The van der Waals surface area contributed by atoms with Crippen molar-refractivity contribution in [1.29, 1.82) is 0 Å². The summed E-state index contributed by atoms with van der Waals surface area (Å²) in [5.74, 6) is -0.578. The number of carbonyl (C=O) groups is 1. The molecule has 7 nitrogen and oxygen atoms in total. The van der Waals surface area contributed by atoms with E-state index in [4.69, 9.17) is 16.6 Å². The average molecular weight is 321 g/mol. The van der Waals surface area contributed by atoms with Gasteiger partial charge in [0, 0.05) is 6.20 Å². The number of carboxylic acids is 1. The minimum absolute atomic E-state index is 0.0884. The highest BCUT2D eigenvalue weighted by Gasteiger charge is 2.06. The monoisotopic (exact) mass is 321 g/mol. The van der Waals surface area contributed by atoms with Crippen molar-refractivity contribution in [3.05, 3.63) is 53.2 Å². The number of hydrogen-bond acceptors (Lipinski definition) is 6. The molecule has 0 unspecified atom stereocenters. The minimum atomic E-state index is -0.948. The molecule has 0 radical (unpaired) electrons. The van der Waals surface area contributed by atoms with Gasteiger partial charge in [-0.1, -0.05) is 12.1 Å². The number of hydrogen-bond donors (Lipinski definition) is 3. The third-order valence-corrected chi connectivity index (χ3v) is 3.59. The number of allylic oxidation sites excluding steroid dienone is 1. The summed E-state index contributed by atoms with van der Waals surface area (Å²) in [7, 11) is 0. The molecular formula is C17H15N5O2. The second-order valence-corrected chi connectivity index (χ2v) is 5.32. The van der Waals surface area contributed by atoms with Crippen LogP contribution in [0.15, 0.2) is 36.5 Å². The largest absolute Gasteiger partial charge is 0.478 e. The van der Waals surface area contributed by atoms with Crippen LogP contribution >= 0.6 is 0 Å². The first-order valence-electron chi connectivity index (χ1n) is 7.15. The van der Waals surface area contributed by atoms with Gasteiger partial charge in [-0.05, 0) is 47.9 Å². The lowest BCUT2D eigenvalue weighted by atomic mass is 10.0.